The van der Waals surface area contributed by atoms with Gasteiger partial charge in [0, 0.05) is 7.05 Å². The monoisotopic (exact) mass is 307 g/mol. The van der Waals surface area contributed by atoms with Crippen LogP contribution in [0.1, 0.15) is 11.6 Å². The van der Waals surface area contributed by atoms with Crippen LogP contribution in [-0.4, -0.2) is 26.9 Å². The van der Waals surface area contributed by atoms with Crippen LogP contribution < -0.4 is 10.6 Å². The van der Waals surface area contributed by atoms with Gasteiger partial charge in [-0.05, 0) is 28.8 Å². The number of carbonyl (C=O) groups is 2. The van der Waals surface area contributed by atoms with E-state index in [0.29, 0.717) is 0 Å². The van der Waals surface area contributed by atoms with Gasteiger partial charge >= 0.3 is 6.03 Å². The number of nitrogens with zero attached hydrogens (tertiary/aromatic N) is 3. The van der Waals surface area contributed by atoms with E-state index in [4.69, 9.17) is 0 Å². The lowest BCUT2D eigenvalue weighted by atomic mass is 10.0. The molecule has 114 valence electrons. The van der Waals surface area contributed by atoms with Crippen molar-refractivity contribution in [1.29, 1.82) is 0 Å². The van der Waals surface area contributed by atoms with E-state index < -0.39 is 12.1 Å². The summed E-state index contributed by atoms with van der Waals surface area (Å²) in [5.74, 6) is -0.330. The smallest absolute Gasteiger partial charge is 0.322 e. The van der Waals surface area contributed by atoms with Gasteiger partial charge in [0.2, 0.25) is 0 Å². The number of benzene rings is 2. The fraction of sp³-hybridized carbons (Fsp3) is 0.125. The molecular formula is C16H13N5O2. The third kappa shape index (κ3) is 2.32. The predicted molar refractivity (Wildman–Crippen MR) is 83.4 cm³/mol. The van der Waals surface area contributed by atoms with Crippen LogP contribution in [0.2, 0.25) is 0 Å². The molecule has 3 aromatic rings. The van der Waals surface area contributed by atoms with Crippen molar-refractivity contribution in [2.45, 2.75) is 6.04 Å². The molecule has 2 heterocycles. The highest BCUT2D eigenvalue weighted by molar-refractivity contribution is 6.04. The first-order valence-electron chi connectivity index (χ1n) is 7.13. The SMILES string of the molecule is Cn1nc2ccc(-c3ccc([C@@H]4NC(=O)NC4=O)cc3)cc2n1. The normalized spacial score (nSPS) is 17.3. The maximum absolute atomic E-state index is 11.7. The zero-order chi connectivity index (χ0) is 16.0. The summed E-state index contributed by atoms with van der Waals surface area (Å²) in [5.41, 5.74) is 4.45. The highest BCUT2D eigenvalue weighted by Gasteiger charge is 2.30. The van der Waals surface area contributed by atoms with E-state index in [0.717, 1.165) is 27.7 Å². The van der Waals surface area contributed by atoms with Gasteiger partial charge in [-0.2, -0.15) is 15.0 Å². The second-order valence-electron chi connectivity index (χ2n) is 5.41. The van der Waals surface area contributed by atoms with Gasteiger partial charge in [-0.15, -0.1) is 0 Å². The zero-order valence-electron chi connectivity index (χ0n) is 12.3. The van der Waals surface area contributed by atoms with Crippen LogP contribution in [0.3, 0.4) is 0 Å². The molecule has 4 rings (SSSR count). The van der Waals surface area contributed by atoms with Crippen molar-refractivity contribution in [3.63, 3.8) is 0 Å². The van der Waals surface area contributed by atoms with Crippen molar-refractivity contribution < 1.29 is 9.59 Å². The second kappa shape index (κ2) is 4.91. The molecule has 0 radical (unpaired) electrons. The van der Waals surface area contributed by atoms with Crippen LogP contribution >= 0.6 is 0 Å². The Morgan fingerprint density at radius 1 is 0.957 bits per heavy atom. The van der Waals surface area contributed by atoms with Gasteiger partial charge in [0.1, 0.15) is 17.1 Å². The van der Waals surface area contributed by atoms with Crippen LogP contribution in [0.4, 0.5) is 4.79 Å². The Bertz CT molecular complexity index is 929. The molecule has 0 saturated carbocycles. The molecule has 1 saturated heterocycles. The molecule has 1 atom stereocenters. The number of rotatable bonds is 2. The molecule has 0 aliphatic carbocycles. The Morgan fingerprint density at radius 3 is 2.35 bits per heavy atom. The highest BCUT2D eigenvalue weighted by atomic mass is 16.2. The summed E-state index contributed by atoms with van der Waals surface area (Å²) in [6.07, 6.45) is 0. The Kier molecular flexibility index (Phi) is 2.87. The molecule has 3 amide bonds. The first-order chi connectivity index (χ1) is 11.1. The standard InChI is InChI=1S/C16H13N5O2/c1-21-19-12-7-6-11(8-13(12)20-21)9-2-4-10(5-3-9)14-15(22)18-16(23)17-14/h2-8,14H,1H3,(H2,17,18,22,23)/t14-/m0/s1. The number of aryl methyl sites for hydroxylation is 1. The van der Waals surface area contributed by atoms with Crippen molar-refractivity contribution in [3.05, 3.63) is 48.0 Å². The molecule has 7 heteroatoms. The lowest BCUT2D eigenvalue weighted by Gasteiger charge is -2.08. The van der Waals surface area contributed by atoms with Gasteiger partial charge in [0.05, 0.1) is 0 Å². The number of hydrogen-bond donors (Lipinski definition) is 2. The summed E-state index contributed by atoms with van der Waals surface area (Å²) < 4.78 is 0. The minimum atomic E-state index is -0.626. The number of nitrogens with one attached hydrogen (secondary N) is 2. The summed E-state index contributed by atoms with van der Waals surface area (Å²) >= 11 is 0. The number of aromatic nitrogens is 3. The highest BCUT2D eigenvalue weighted by Crippen LogP contribution is 2.25. The van der Waals surface area contributed by atoms with Crippen molar-refractivity contribution in [1.82, 2.24) is 25.6 Å². The fourth-order valence-electron chi connectivity index (χ4n) is 2.72. The van der Waals surface area contributed by atoms with Gasteiger partial charge in [-0.1, -0.05) is 30.3 Å². The molecule has 2 aromatic carbocycles. The number of amides is 3. The Hall–Kier alpha value is -3.22. The van der Waals surface area contributed by atoms with Crippen LogP contribution in [0.15, 0.2) is 42.5 Å². The first-order valence-corrected chi connectivity index (χ1v) is 7.13. The largest absolute Gasteiger partial charge is 0.322 e. The number of carbonyl (C=O) groups excluding carboxylic acids is 2. The quantitative estimate of drug-likeness (QED) is 0.702. The molecule has 1 aliphatic heterocycles. The molecule has 23 heavy (non-hydrogen) atoms. The van der Waals surface area contributed by atoms with Gasteiger partial charge in [0.15, 0.2) is 0 Å². The molecule has 2 N–H and O–H groups in total. The first kappa shape index (κ1) is 13.4. The summed E-state index contributed by atoms with van der Waals surface area (Å²) in [7, 11) is 1.79. The van der Waals surface area contributed by atoms with Crippen molar-refractivity contribution in [2.24, 2.45) is 7.05 Å². The van der Waals surface area contributed by atoms with E-state index in [-0.39, 0.29) is 5.91 Å². The van der Waals surface area contributed by atoms with Gasteiger partial charge in [0.25, 0.3) is 5.91 Å². The van der Waals surface area contributed by atoms with Crippen LogP contribution in [0.5, 0.6) is 0 Å². The third-order valence-corrected chi connectivity index (χ3v) is 3.83. The van der Waals surface area contributed by atoms with E-state index in [1.807, 2.05) is 42.5 Å². The zero-order valence-corrected chi connectivity index (χ0v) is 12.3. The Labute approximate surface area is 131 Å². The minimum Gasteiger partial charge on any atom is -0.322 e. The predicted octanol–water partition coefficient (Wildman–Crippen LogP) is 1.52. The lowest BCUT2D eigenvalue weighted by Crippen LogP contribution is -2.22. The van der Waals surface area contributed by atoms with Crippen molar-refractivity contribution in [2.75, 3.05) is 0 Å². The molecule has 0 unspecified atom stereocenters. The molecule has 7 nitrogen and oxygen atoms in total. The maximum atomic E-state index is 11.7. The van der Waals surface area contributed by atoms with Gasteiger partial charge in [-0.25, -0.2) is 4.79 Å². The number of fused-ring (bicyclic) bond motifs is 1. The number of urea groups is 1. The lowest BCUT2D eigenvalue weighted by molar-refractivity contribution is -0.120. The van der Waals surface area contributed by atoms with Gasteiger partial charge < -0.3 is 5.32 Å². The number of hydrogen-bond acceptors (Lipinski definition) is 4. The van der Waals surface area contributed by atoms with E-state index in [1.165, 1.54) is 0 Å². The molecule has 1 aromatic heterocycles. The minimum absolute atomic E-state index is 0.330. The van der Waals surface area contributed by atoms with Gasteiger partial charge in [-0.3, -0.25) is 10.1 Å². The molecule has 0 bridgehead atoms. The Balaban J connectivity index is 1.66. The summed E-state index contributed by atoms with van der Waals surface area (Å²) in [5, 5.41) is 13.4. The van der Waals surface area contributed by atoms with Crippen molar-refractivity contribution >= 4 is 23.0 Å². The van der Waals surface area contributed by atoms with E-state index in [9.17, 15) is 9.59 Å². The number of imide groups is 1. The van der Waals surface area contributed by atoms with Crippen molar-refractivity contribution in [3.8, 4) is 11.1 Å². The fourth-order valence-corrected chi connectivity index (χ4v) is 2.72. The third-order valence-electron chi connectivity index (χ3n) is 3.83. The molecule has 1 fully saturated rings. The summed E-state index contributed by atoms with van der Waals surface area (Å²) in [4.78, 5) is 24.4. The summed E-state index contributed by atoms with van der Waals surface area (Å²) in [6, 6.07) is 12.3. The molecule has 1 aliphatic rings. The topological polar surface area (TPSA) is 88.9 Å². The average molecular weight is 307 g/mol. The average Bonchev–Trinajstić information content (AvgIpc) is 3.07. The molecular weight excluding hydrogens is 294 g/mol. The van der Waals surface area contributed by atoms with Crippen LogP contribution in [-0.2, 0) is 11.8 Å². The van der Waals surface area contributed by atoms with E-state index in [1.54, 1.807) is 11.8 Å². The molecule has 0 spiro atoms. The maximum Gasteiger partial charge on any atom is 0.322 e. The van der Waals surface area contributed by atoms with E-state index in [2.05, 4.69) is 20.8 Å². The van der Waals surface area contributed by atoms with E-state index >= 15 is 0 Å². The van der Waals surface area contributed by atoms with Crippen LogP contribution in [0, 0.1) is 0 Å². The van der Waals surface area contributed by atoms with Crippen LogP contribution in [0.25, 0.3) is 22.2 Å². The summed E-state index contributed by atoms with van der Waals surface area (Å²) in [6.45, 7) is 0. The second-order valence-corrected chi connectivity index (χ2v) is 5.41. The Morgan fingerprint density at radius 2 is 1.65 bits per heavy atom.